The molecular weight excluding hydrogens is 276 g/mol. The summed E-state index contributed by atoms with van der Waals surface area (Å²) in [6.45, 7) is 0. The molecule has 0 atom stereocenters. The van der Waals surface area contributed by atoms with Crippen LogP contribution in [0.3, 0.4) is 0 Å². The van der Waals surface area contributed by atoms with Crippen LogP contribution in [0.25, 0.3) is 10.8 Å². The van der Waals surface area contributed by atoms with Crippen molar-refractivity contribution >= 4 is 22.6 Å². The highest BCUT2D eigenvalue weighted by Crippen LogP contribution is 2.20. The minimum Gasteiger partial charge on any atom is -0.366 e. The fourth-order valence-corrected chi connectivity index (χ4v) is 3.06. The Morgan fingerprint density at radius 2 is 1.50 bits per heavy atom. The van der Waals surface area contributed by atoms with Crippen LogP contribution in [0.15, 0.2) is 36.4 Å². The Kier molecular flexibility index (Phi) is 4.09. The van der Waals surface area contributed by atoms with Crippen molar-refractivity contribution in [3.63, 3.8) is 0 Å². The van der Waals surface area contributed by atoms with Crippen LogP contribution in [0.1, 0.15) is 52.8 Å². The molecule has 0 bridgehead atoms. The Morgan fingerprint density at radius 1 is 0.909 bits per heavy atom. The maximum absolute atomic E-state index is 12.3. The summed E-state index contributed by atoms with van der Waals surface area (Å²) in [5.41, 5.74) is 6.42. The predicted octanol–water partition coefficient (Wildman–Crippen LogP) is 3.00. The molecule has 0 saturated heterocycles. The van der Waals surface area contributed by atoms with Crippen molar-refractivity contribution in [3.05, 3.63) is 47.5 Å². The standard InChI is InChI=1S/C18H20N2O2/c19-17(21)14-8-6-13-11-15(9-7-12(13)10-14)18(22)20-16-4-2-1-3-5-16/h6-11,16H,1-5H2,(H2,19,21)(H,20,22). The van der Waals surface area contributed by atoms with Crippen molar-refractivity contribution in [2.24, 2.45) is 5.73 Å². The number of nitrogens with two attached hydrogens (primary N) is 1. The predicted molar refractivity (Wildman–Crippen MR) is 86.8 cm³/mol. The van der Waals surface area contributed by atoms with Crippen molar-refractivity contribution in [3.8, 4) is 0 Å². The van der Waals surface area contributed by atoms with E-state index in [1.165, 1.54) is 19.3 Å². The first-order valence-electron chi connectivity index (χ1n) is 7.78. The van der Waals surface area contributed by atoms with E-state index >= 15 is 0 Å². The lowest BCUT2D eigenvalue weighted by Crippen LogP contribution is -2.36. The number of benzene rings is 2. The molecule has 0 spiro atoms. The van der Waals surface area contributed by atoms with E-state index in [-0.39, 0.29) is 5.91 Å². The average Bonchev–Trinajstić information content (AvgIpc) is 2.54. The summed E-state index contributed by atoms with van der Waals surface area (Å²) in [6, 6.07) is 11.1. The largest absolute Gasteiger partial charge is 0.366 e. The molecule has 22 heavy (non-hydrogen) atoms. The van der Waals surface area contributed by atoms with Gasteiger partial charge in [0.25, 0.3) is 5.91 Å². The van der Waals surface area contributed by atoms with Crippen LogP contribution in [0.4, 0.5) is 0 Å². The molecule has 4 nitrogen and oxygen atoms in total. The second-order valence-electron chi connectivity index (χ2n) is 5.95. The van der Waals surface area contributed by atoms with Gasteiger partial charge in [-0.25, -0.2) is 0 Å². The molecule has 1 saturated carbocycles. The number of carbonyl (C=O) groups is 2. The number of hydrogen-bond acceptors (Lipinski definition) is 2. The third kappa shape index (κ3) is 3.11. The summed E-state index contributed by atoms with van der Waals surface area (Å²) in [5, 5.41) is 4.96. The van der Waals surface area contributed by atoms with Crippen LogP contribution in [0, 0.1) is 0 Å². The Bertz CT molecular complexity index is 718. The summed E-state index contributed by atoms with van der Waals surface area (Å²) in [5.74, 6) is -0.464. The number of fused-ring (bicyclic) bond motifs is 1. The van der Waals surface area contributed by atoms with Crippen LogP contribution in [0.5, 0.6) is 0 Å². The topological polar surface area (TPSA) is 72.2 Å². The van der Waals surface area contributed by atoms with E-state index in [4.69, 9.17) is 5.73 Å². The normalized spacial score (nSPS) is 15.6. The number of primary amides is 1. The molecule has 4 heteroatoms. The number of carbonyl (C=O) groups excluding carboxylic acids is 2. The average molecular weight is 296 g/mol. The molecule has 0 heterocycles. The number of hydrogen-bond donors (Lipinski definition) is 2. The van der Waals surface area contributed by atoms with Crippen LogP contribution in [0.2, 0.25) is 0 Å². The smallest absolute Gasteiger partial charge is 0.251 e. The quantitative estimate of drug-likeness (QED) is 0.914. The van der Waals surface area contributed by atoms with Crippen LogP contribution >= 0.6 is 0 Å². The number of amides is 2. The highest BCUT2D eigenvalue weighted by atomic mass is 16.2. The Morgan fingerprint density at radius 3 is 2.14 bits per heavy atom. The first kappa shape index (κ1) is 14.6. The van der Waals surface area contributed by atoms with Gasteiger partial charge in [-0.2, -0.15) is 0 Å². The summed E-state index contributed by atoms with van der Waals surface area (Å²) < 4.78 is 0. The van der Waals surface area contributed by atoms with Gasteiger partial charge in [0.2, 0.25) is 5.91 Å². The number of rotatable bonds is 3. The molecule has 1 aliphatic carbocycles. The van der Waals surface area contributed by atoms with Gasteiger partial charge in [-0.05, 0) is 47.9 Å². The fourth-order valence-electron chi connectivity index (χ4n) is 3.06. The van der Waals surface area contributed by atoms with Gasteiger partial charge in [0.15, 0.2) is 0 Å². The van der Waals surface area contributed by atoms with Gasteiger partial charge in [-0.1, -0.05) is 31.4 Å². The van der Waals surface area contributed by atoms with Crippen molar-refractivity contribution in [1.29, 1.82) is 0 Å². The van der Waals surface area contributed by atoms with Gasteiger partial charge >= 0.3 is 0 Å². The highest BCUT2D eigenvalue weighted by molar-refractivity contribution is 6.01. The van der Waals surface area contributed by atoms with E-state index in [0.29, 0.717) is 17.2 Å². The molecule has 2 amide bonds. The Labute approximate surface area is 129 Å². The molecule has 114 valence electrons. The zero-order valence-electron chi connectivity index (χ0n) is 12.5. The first-order valence-corrected chi connectivity index (χ1v) is 7.78. The zero-order valence-corrected chi connectivity index (χ0v) is 12.5. The van der Waals surface area contributed by atoms with Gasteiger partial charge in [0, 0.05) is 17.2 Å². The van der Waals surface area contributed by atoms with E-state index in [2.05, 4.69) is 5.32 Å². The zero-order chi connectivity index (χ0) is 15.5. The SMILES string of the molecule is NC(=O)c1ccc2cc(C(=O)NC3CCCCC3)ccc2c1. The van der Waals surface area contributed by atoms with E-state index in [1.807, 2.05) is 18.2 Å². The summed E-state index contributed by atoms with van der Waals surface area (Å²) in [4.78, 5) is 23.5. The van der Waals surface area contributed by atoms with E-state index in [1.54, 1.807) is 18.2 Å². The molecule has 1 fully saturated rings. The molecule has 0 aliphatic heterocycles. The van der Waals surface area contributed by atoms with E-state index < -0.39 is 5.91 Å². The molecular formula is C18H20N2O2. The summed E-state index contributed by atoms with van der Waals surface area (Å²) >= 11 is 0. The molecule has 3 N–H and O–H groups in total. The summed E-state index contributed by atoms with van der Waals surface area (Å²) in [6.07, 6.45) is 5.80. The van der Waals surface area contributed by atoms with Gasteiger partial charge in [-0.15, -0.1) is 0 Å². The minimum absolute atomic E-state index is 0.0206. The van der Waals surface area contributed by atoms with Crippen LogP contribution < -0.4 is 11.1 Å². The Hall–Kier alpha value is -2.36. The lowest BCUT2D eigenvalue weighted by Gasteiger charge is -2.22. The molecule has 0 aromatic heterocycles. The monoisotopic (exact) mass is 296 g/mol. The Balaban J connectivity index is 1.80. The highest BCUT2D eigenvalue weighted by Gasteiger charge is 2.16. The molecule has 0 radical (unpaired) electrons. The molecule has 2 aromatic rings. The van der Waals surface area contributed by atoms with Gasteiger partial charge in [0.05, 0.1) is 0 Å². The van der Waals surface area contributed by atoms with E-state index in [9.17, 15) is 9.59 Å². The minimum atomic E-state index is -0.444. The van der Waals surface area contributed by atoms with Crippen LogP contribution in [-0.4, -0.2) is 17.9 Å². The molecule has 1 aliphatic rings. The fraction of sp³-hybridized carbons (Fsp3) is 0.333. The second-order valence-corrected chi connectivity index (χ2v) is 5.95. The molecule has 2 aromatic carbocycles. The molecule has 0 unspecified atom stereocenters. The third-order valence-corrected chi connectivity index (χ3v) is 4.33. The van der Waals surface area contributed by atoms with Crippen molar-refractivity contribution in [2.45, 2.75) is 38.1 Å². The lowest BCUT2D eigenvalue weighted by molar-refractivity contribution is 0.0927. The van der Waals surface area contributed by atoms with Gasteiger partial charge in [0.1, 0.15) is 0 Å². The van der Waals surface area contributed by atoms with Crippen LogP contribution in [-0.2, 0) is 0 Å². The van der Waals surface area contributed by atoms with Crippen molar-refractivity contribution < 1.29 is 9.59 Å². The maximum atomic E-state index is 12.3. The summed E-state index contributed by atoms with van der Waals surface area (Å²) in [7, 11) is 0. The molecule has 3 rings (SSSR count). The van der Waals surface area contributed by atoms with Gasteiger partial charge in [-0.3, -0.25) is 9.59 Å². The second kappa shape index (κ2) is 6.18. The maximum Gasteiger partial charge on any atom is 0.251 e. The van der Waals surface area contributed by atoms with Crippen molar-refractivity contribution in [2.75, 3.05) is 0 Å². The van der Waals surface area contributed by atoms with E-state index in [0.717, 1.165) is 23.6 Å². The lowest BCUT2D eigenvalue weighted by atomic mass is 9.95. The first-order chi connectivity index (χ1) is 10.6. The van der Waals surface area contributed by atoms with Crippen molar-refractivity contribution in [1.82, 2.24) is 5.32 Å². The third-order valence-electron chi connectivity index (χ3n) is 4.33. The van der Waals surface area contributed by atoms with Gasteiger partial charge < -0.3 is 11.1 Å². The number of nitrogens with one attached hydrogen (secondary N) is 1.